The van der Waals surface area contributed by atoms with Crippen molar-refractivity contribution in [1.29, 1.82) is 0 Å². The molecule has 0 aliphatic rings. The van der Waals surface area contributed by atoms with Gasteiger partial charge in [0.2, 0.25) is 0 Å². The number of carbonyl (C=O) groups excluding carboxylic acids is 1. The smallest absolute Gasteiger partial charge is 0.255 e. The molecule has 0 fully saturated rings. The maximum atomic E-state index is 12.6. The van der Waals surface area contributed by atoms with Gasteiger partial charge in [-0.05, 0) is 35.9 Å². The van der Waals surface area contributed by atoms with E-state index in [1.807, 2.05) is 30.3 Å². The summed E-state index contributed by atoms with van der Waals surface area (Å²) in [7, 11) is 3.37. The Balaban J connectivity index is 1.70. The molecule has 3 rings (SSSR count). The number of benzene rings is 2. The van der Waals surface area contributed by atoms with Crippen molar-refractivity contribution < 1.29 is 9.53 Å². The van der Waals surface area contributed by atoms with Crippen molar-refractivity contribution in [3.63, 3.8) is 0 Å². The summed E-state index contributed by atoms with van der Waals surface area (Å²) in [6.07, 6.45) is 1.56. The van der Waals surface area contributed by atoms with Gasteiger partial charge in [0.1, 0.15) is 11.6 Å². The predicted octanol–water partition coefficient (Wildman–Crippen LogP) is 4.76. The van der Waals surface area contributed by atoms with Gasteiger partial charge < -0.3 is 15.0 Å². The maximum absolute atomic E-state index is 12.6. The number of rotatable bonds is 6. The quantitative estimate of drug-likeness (QED) is 0.668. The van der Waals surface area contributed by atoms with Crippen molar-refractivity contribution in [3.8, 4) is 5.75 Å². The Kier molecular flexibility index (Phi) is 5.94. The van der Waals surface area contributed by atoms with Crippen LogP contribution in [0.3, 0.4) is 0 Å². The monoisotopic (exact) mass is 381 g/mol. The first-order chi connectivity index (χ1) is 13.1. The van der Waals surface area contributed by atoms with Gasteiger partial charge >= 0.3 is 0 Å². The zero-order valence-electron chi connectivity index (χ0n) is 15.1. The van der Waals surface area contributed by atoms with E-state index in [9.17, 15) is 4.79 Å². The molecule has 1 N–H and O–H groups in total. The first-order valence-electron chi connectivity index (χ1n) is 8.43. The molecule has 138 valence electrons. The van der Waals surface area contributed by atoms with Crippen LogP contribution in [0, 0.1) is 0 Å². The molecule has 1 amide bonds. The lowest BCUT2D eigenvalue weighted by molar-refractivity contribution is 0.0784. The van der Waals surface area contributed by atoms with Crippen LogP contribution in [-0.4, -0.2) is 29.9 Å². The fourth-order valence-corrected chi connectivity index (χ4v) is 2.83. The molecule has 27 heavy (non-hydrogen) atoms. The molecule has 2 aromatic carbocycles. The van der Waals surface area contributed by atoms with Crippen LogP contribution in [0.5, 0.6) is 5.75 Å². The van der Waals surface area contributed by atoms with Gasteiger partial charge in [0.15, 0.2) is 0 Å². The van der Waals surface area contributed by atoms with Crippen LogP contribution in [0.25, 0.3) is 0 Å². The minimum atomic E-state index is -0.0850. The van der Waals surface area contributed by atoms with Gasteiger partial charge in [-0.25, -0.2) is 4.98 Å². The molecule has 0 spiro atoms. The number of halogens is 1. The van der Waals surface area contributed by atoms with Crippen LogP contribution in [0.4, 0.5) is 11.5 Å². The summed E-state index contributed by atoms with van der Waals surface area (Å²) in [6, 6.07) is 18.6. The molecule has 0 aliphatic heterocycles. The number of hydrogen-bond acceptors (Lipinski definition) is 4. The molecule has 0 unspecified atom stereocenters. The summed E-state index contributed by atoms with van der Waals surface area (Å²) in [6.45, 7) is 0.541. The number of carbonyl (C=O) groups is 1. The number of ether oxygens (including phenoxy) is 1. The Hall–Kier alpha value is -3.05. The minimum absolute atomic E-state index is 0.0850. The molecular weight excluding hydrogens is 362 g/mol. The molecule has 0 radical (unpaired) electrons. The average Bonchev–Trinajstić information content (AvgIpc) is 2.69. The van der Waals surface area contributed by atoms with Crippen molar-refractivity contribution in [2.75, 3.05) is 19.5 Å². The van der Waals surface area contributed by atoms with Gasteiger partial charge in [-0.15, -0.1) is 0 Å². The van der Waals surface area contributed by atoms with Crippen LogP contribution >= 0.6 is 11.6 Å². The summed E-state index contributed by atoms with van der Waals surface area (Å²) in [4.78, 5) is 18.6. The highest BCUT2D eigenvalue weighted by molar-refractivity contribution is 6.31. The summed E-state index contributed by atoms with van der Waals surface area (Å²) in [5, 5.41) is 3.74. The first-order valence-corrected chi connectivity index (χ1v) is 8.80. The van der Waals surface area contributed by atoms with E-state index in [1.165, 1.54) is 0 Å². The number of methoxy groups -OCH3 is 1. The highest BCUT2D eigenvalue weighted by atomic mass is 35.5. The van der Waals surface area contributed by atoms with E-state index in [0.717, 1.165) is 5.56 Å². The van der Waals surface area contributed by atoms with Gasteiger partial charge in [-0.2, -0.15) is 0 Å². The summed E-state index contributed by atoms with van der Waals surface area (Å²) < 4.78 is 5.31. The van der Waals surface area contributed by atoms with Crippen molar-refractivity contribution in [2.24, 2.45) is 0 Å². The van der Waals surface area contributed by atoms with Gasteiger partial charge in [0.05, 0.1) is 18.4 Å². The average molecular weight is 382 g/mol. The van der Waals surface area contributed by atoms with E-state index in [0.29, 0.717) is 34.4 Å². The van der Waals surface area contributed by atoms with E-state index < -0.39 is 0 Å². The molecule has 0 saturated carbocycles. The SMILES string of the molecule is COc1ccc(Cl)cc1Nc1ccc(C(=O)N(C)Cc2ccccc2)cn1. The number of aromatic nitrogens is 1. The number of nitrogens with zero attached hydrogens (tertiary/aromatic N) is 2. The predicted molar refractivity (Wildman–Crippen MR) is 108 cm³/mol. The van der Waals surface area contributed by atoms with E-state index in [4.69, 9.17) is 16.3 Å². The third-order valence-electron chi connectivity index (χ3n) is 4.04. The van der Waals surface area contributed by atoms with Crippen molar-refractivity contribution in [2.45, 2.75) is 6.54 Å². The lowest BCUT2D eigenvalue weighted by atomic mass is 10.2. The normalized spacial score (nSPS) is 10.3. The van der Waals surface area contributed by atoms with E-state index in [-0.39, 0.29) is 5.91 Å². The van der Waals surface area contributed by atoms with Crippen molar-refractivity contribution in [3.05, 3.63) is 83.0 Å². The molecule has 0 atom stereocenters. The molecule has 6 heteroatoms. The Labute approximate surface area is 163 Å². The Morgan fingerprint density at radius 2 is 1.93 bits per heavy atom. The number of nitrogens with one attached hydrogen (secondary N) is 1. The Bertz CT molecular complexity index is 914. The van der Waals surface area contributed by atoms with Crippen LogP contribution in [-0.2, 0) is 6.54 Å². The van der Waals surface area contributed by atoms with E-state index in [1.54, 1.807) is 55.6 Å². The van der Waals surface area contributed by atoms with E-state index in [2.05, 4.69) is 10.3 Å². The van der Waals surface area contributed by atoms with Crippen molar-refractivity contribution in [1.82, 2.24) is 9.88 Å². The third-order valence-corrected chi connectivity index (χ3v) is 4.28. The lowest BCUT2D eigenvalue weighted by Crippen LogP contribution is -2.26. The second-order valence-electron chi connectivity index (χ2n) is 6.05. The molecule has 1 heterocycles. The molecular formula is C21H20ClN3O2. The van der Waals surface area contributed by atoms with E-state index >= 15 is 0 Å². The molecule has 1 aromatic heterocycles. The lowest BCUT2D eigenvalue weighted by Gasteiger charge is -2.17. The number of hydrogen-bond donors (Lipinski definition) is 1. The molecule has 5 nitrogen and oxygen atoms in total. The number of pyridine rings is 1. The van der Waals surface area contributed by atoms with Crippen LogP contribution < -0.4 is 10.1 Å². The Morgan fingerprint density at radius 1 is 1.15 bits per heavy atom. The standard InChI is InChI=1S/C21H20ClN3O2/c1-25(14-15-6-4-3-5-7-15)21(26)16-8-11-20(23-13-16)24-18-12-17(22)9-10-19(18)27-2/h3-13H,14H2,1-2H3,(H,23,24). The minimum Gasteiger partial charge on any atom is -0.495 e. The molecule has 0 bridgehead atoms. The van der Waals surface area contributed by atoms with Crippen LogP contribution in [0.1, 0.15) is 15.9 Å². The maximum Gasteiger partial charge on any atom is 0.255 e. The fraction of sp³-hybridized carbons (Fsp3) is 0.143. The van der Waals surface area contributed by atoms with Crippen LogP contribution in [0.2, 0.25) is 5.02 Å². The van der Waals surface area contributed by atoms with Gasteiger partial charge in [0.25, 0.3) is 5.91 Å². The highest BCUT2D eigenvalue weighted by Gasteiger charge is 2.13. The molecule has 0 aliphatic carbocycles. The summed E-state index contributed by atoms with van der Waals surface area (Å²) in [5.74, 6) is 1.17. The van der Waals surface area contributed by atoms with Crippen molar-refractivity contribution >= 4 is 29.0 Å². The zero-order valence-corrected chi connectivity index (χ0v) is 15.9. The number of anilines is 2. The fourth-order valence-electron chi connectivity index (χ4n) is 2.66. The second kappa shape index (κ2) is 8.56. The number of amides is 1. The topological polar surface area (TPSA) is 54.5 Å². The summed E-state index contributed by atoms with van der Waals surface area (Å²) in [5.41, 5.74) is 2.31. The molecule has 0 saturated heterocycles. The Morgan fingerprint density at radius 3 is 2.59 bits per heavy atom. The summed E-state index contributed by atoms with van der Waals surface area (Å²) >= 11 is 6.04. The third kappa shape index (κ3) is 4.77. The van der Waals surface area contributed by atoms with Crippen LogP contribution in [0.15, 0.2) is 66.9 Å². The highest BCUT2D eigenvalue weighted by Crippen LogP contribution is 2.29. The van der Waals surface area contributed by atoms with Gasteiger partial charge in [0, 0.05) is 24.8 Å². The van der Waals surface area contributed by atoms with Gasteiger partial charge in [-0.1, -0.05) is 41.9 Å². The molecule has 3 aromatic rings. The zero-order chi connectivity index (χ0) is 19.2. The van der Waals surface area contributed by atoms with Gasteiger partial charge in [-0.3, -0.25) is 4.79 Å². The second-order valence-corrected chi connectivity index (χ2v) is 6.48. The largest absolute Gasteiger partial charge is 0.495 e. The first kappa shape index (κ1) is 18.7.